The molecule has 0 atom stereocenters. The van der Waals surface area contributed by atoms with Crippen molar-refractivity contribution in [1.82, 2.24) is 4.90 Å². The van der Waals surface area contributed by atoms with Crippen molar-refractivity contribution < 1.29 is 8.78 Å². The van der Waals surface area contributed by atoms with Crippen LogP contribution in [0, 0.1) is 11.6 Å². The molecule has 80 valence electrons. The average molecular weight is 209 g/mol. The molecule has 1 nitrogen and oxygen atoms in total. The quantitative estimate of drug-likeness (QED) is 0.723. The molecular weight excluding hydrogens is 196 g/mol. The zero-order valence-electron chi connectivity index (χ0n) is 8.42. The van der Waals surface area contributed by atoms with E-state index in [1.165, 1.54) is 12.1 Å². The van der Waals surface area contributed by atoms with E-state index in [1.807, 2.05) is 11.1 Å². The van der Waals surface area contributed by atoms with Gasteiger partial charge in [0, 0.05) is 18.7 Å². The minimum Gasteiger partial charge on any atom is -0.373 e. The molecule has 2 rings (SSSR count). The first-order valence-electron chi connectivity index (χ1n) is 5.10. The number of allylic oxidation sites excluding steroid dienone is 1. The molecule has 0 radical (unpaired) electrons. The van der Waals surface area contributed by atoms with Crippen LogP contribution in [0.5, 0.6) is 0 Å². The van der Waals surface area contributed by atoms with Gasteiger partial charge in [-0.2, -0.15) is 0 Å². The molecule has 1 heterocycles. The third kappa shape index (κ3) is 2.55. The molecule has 1 aromatic rings. The van der Waals surface area contributed by atoms with E-state index in [4.69, 9.17) is 0 Å². The topological polar surface area (TPSA) is 3.24 Å². The second-order valence-electron chi connectivity index (χ2n) is 3.73. The fraction of sp³-hybridized carbons (Fsp3) is 0.333. The normalized spacial score (nSPS) is 15.7. The van der Waals surface area contributed by atoms with Crippen molar-refractivity contribution in [2.45, 2.75) is 19.4 Å². The van der Waals surface area contributed by atoms with Crippen LogP contribution in [-0.2, 0) is 6.54 Å². The molecular formula is C12H13F2N. The van der Waals surface area contributed by atoms with Crippen LogP contribution in [0.25, 0.3) is 0 Å². The van der Waals surface area contributed by atoms with Crippen LogP contribution in [0.2, 0.25) is 0 Å². The second-order valence-corrected chi connectivity index (χ2v) is 3.73. The van der Waals surface area contributed by atoms with Crippen LogP contribution in [0.1, 0.15) is 18.4 Å². The maximum Gasteiger partial charge on any atom is 0.128 e. The zero-order chi connectivity index (χ0) is 10.7. The predicted molar refractivity (Wildman–Crippen MR) is 55.1 cm³/mol. The summed E-state index contributed by atoms with van der Waals surface area (Å²) in [5, 5.41) is 0. The predicted octanol–water partition coefficient (Wildman–Crippen LogP) is 3.07. The smallest absolute Gasteiger partial charge is 0.128 e. The summed E-state index contributed by atoms with van der Waals surface area (Å²) in [6.45, 7) is 1.35. The highest BCUT2D eigenvalue weighted by atomic mass is 19.1. The second kappa shape index (κ2) is 4.43. The lowest BCUT2D eigenvalue weighted by molar-refractivity contribution is 0.341. The largest absolute Gasteiger partial charge is 0.373 e. The standard InChI is InChI=1S/C12H13F2N/c13-11-4-5-12(14)10(8-11)9-15-6-2-1-3-7-15/h2,4-6,8H,1,3,7,9H2. The molecule has 1 aromatic carbocycles. The molecule has 0 unspecified atom stereocenters. The lowest BCUT2D eigenvalue weighted by Gasteiger charge is -2.23. The maximum atomic E-state index is 13.3. The summed E-state index contributed by atoms with van der Waals surface area (Å²) in [6.07, 6.45) is 6.16. The number of rotatable bonds is 2. The minimum atomic E-state index is -0.382. The number of halogens is 2. The number of benzene rings is 1. The summed E-state index contributed by atoms with van der Waals surface area (Å²) < 4.78 is 26.2. The van der Waals surface area contributed by atoms with Gasteiger partial charge in [-0.05, 0) is 37.2 Å². The highest BCUT2D eigenvalue weighted by Crippen LogP contribution is 2.15. The van der Waals surface area contributed by atoms with E-state index in [1.54, 1.807) is 0 Å². The zero-order valence-corrected chi connectivity index (χ0v) is 8.42. The maximum absolute atomic E-state index is 13.3. The van der Waals surface area contributed by atoms with Crippen LogP contribution < -0.4 is 0 Å². The Morgan fingerprint density at radius 3 is 2.87 bits per heavy atom. The van der Waals surface area contributed by atoms with Gasteiger partial charge >= 0.3 is 0 Å². The third-order valence-corrected chi connectivity index (χ3v) is 2.51. The summed E-state index contributed by atoms with van der Waals surface area (Å²) in [4.78, 5) is 2.00. The van der Waals surface area contributed by atoms with Crippen LogP contribution in [0.15, 0.2) is 30.5 Å². The van der Waals surface area contributed by atoms with E-state index in [2.05, 4.69) is 6.08 Å². The fourth-order valence-corrected chi connectivity index (χ4v) is 1.73. The van der Waals surface area contributed by atoms with Crippen LogP contribution >= 0.6 is 0 Å². The molecule has 0 bridgehead atoms. The SMILES string of the molecule is Fc1ccc(F)c(CN2C=CCCC2)c1. The Morgan fingerprint density at radius 1 is 1.27 bits per heavy atom. The van der Waals surface area contributed by atoms with Gasteiger partial charge in [-0.3, -0.25) is 0 Å². The Labute approximate surface area is 88.0 Å². The van der Waals surface area contributed by atoms with Gasteiger partial charge in [0.2, 0.25) is 0 Å². The molecule has 0 amide bonds. The van der Waals surface area contributed by atoms with Gasteiger partial charge in [-0.1, -0.05) is 6.08 Å². The molecule has 3 heteroatoms. The van der Waals surface area contributed by atoms with Gasteiger partial charge in [0.15, 0.2) is 0 Å². The number of hydrogen-bond acceptors (Lipinski definition) is 1. The van der Waals surface area contributed by atoms with Crippen LogP contribution in [0.3, 0.4) is 0 Å². The first kappa shape index (κ1) is 10.1. The van der Waals surface area contributed by atoms with E-state index in [9.17, 15) is 8.78 Å². The van der Waals surface area contributed by atoms with Crippen molar-refractivity contribution in [3.05, 3.63) is 47.7 Å². The van der Waals surface area contributed by atoms with E-state index >= 15 is 0 Å². The molecule has 0 fully saturated rings. The Balaban J connectivity index is 2.12. The number of nitrogens with zero attached hydrogens (tertiary/aromatic N) is 1. The van der Waals surface area contributed by atoms with Crippen molar-refractivity contribution in [2.24, 2.45) is 0 Å². The highest BCUT2D eigenvalue weighted by Gasteiger charge is 2.09. The summed E-state index contributed by atoms with van der Waals surface area (Å²) >= 11 is 0. The molecule has 0 aromatic heterocycles. The first-order chi connectivity index (χ1) is 7.25. The third-order valence-electron chi connectivity index (χ3n) is 2.51. The summed E-state index contributed by atoms with van der Waals surface area (Å²) in [6, 6.07) is 3.58. The van der Waals surface area contributed by atoms with Crippen molar-refractivity contribution in [3.8, 4) is 0 Å². The Hall–Kier alpha value is -1.38. The van der Waals surface area contributed by atoms with Crippen molar-refractivity contribution >= 4 is 0 Å². The van der Waals surface area contributed by atoms with Gasteiger partial charge in [0.05, 0.1) is 0 Å². The molecule has 0 saturated heterocycles. The lowest BCUT2D eigenvalue weighted by atomic mass is 10.1. The van der Waals surface area contributed by atoms with Gasteiger partial charge in [0.25, 0.3) is 0 Å². The van der Waals surface area contributed by atoms with E-state index in [-0.39, 0.29) is 11.6 Å². The Bertz CT molecular complexity index is 374. The van der Waals surface area contributed by atoms with Gasteiger partial charge in [-0.25, -0.2) is 8.78 Å². The summed E-state index contributed by atoms with van der Waals surface area (Å²) in [5.41, 5.74) is 0.418. The molecule has 15 heavy (non-hydrogen) atoms. The molecule has 0 N–H and O–H groups in total. The first-order valence-corrected chi connectivity index (χ1v) is 5.10. The lowest BCUT2D eigenvalue weighted by Crippen LogP contribution is -2.21. The van der Waals surface area contributed by atoms with E-state index < -0.39 is 0 Å². The van der Waals surface area contributed by atoms with E-state index in [0.717, 1.165) is 25.5 Å². The Morgan fingerprint density at radius 2 is 2.13 bits per heavy atom. The average Bonchev–Trinajstić information content (AvgIpc) is 2.25. The van der Waals surface area contributed by atoms with Crippen LogP contribution in [-0.4, -0.2) is 11.4 Å². The van der Waals surface area contributed by atoms with E-state index in [0.29, 0.717) is 12.1 Å². The highest BCUT2D eigenvalue weighted by molar-refractivity contribution is 5.19. The molecule has 0 aliphatic carbocycles. The molecule has 1 aliphatic rings. The minimum absolute atomic E-state index is 0.338. The van der Waals surface area contributed by atoms with Crippen molar-refractivity contribution in [2.75, 3.05) is 6.54 Å². The summed E-state index contributed by atoms with van der Waals surface area (Å²) in [5.74, 6) is -0.720. The van der Waals surface area contributed by atoms with Gasteiger partial charge < -0.3 is 4.90 Å². The molecule has 0 spiro atoms. The van der Waals surface area contributed by atoms with Crippen LogP contribution in [0.4, 0.5) is 8.78 Å². The Kier molecular flexibility index (Phi) is 2.99. The van der Waals surface area contributed by atoms with Gasteiger partial charge in [-0.15, -0.1) is 0 Å². The summed E-state index contributed by atoms with van der Waals surface area (Å²) in [7, 11) is 0. The van der Waals surface area contributed by atoms with Gasteiger partial charge in [0.1, 0.15) is 11.6 Å². The van der Waals surface area contributed by atoms with Crippen molar-refractivity contribution in [3.63, 3.8) is 0 Å². The fourth-order valence-electron chi connectivity index (χ4n) is 1.73. The monoisotopic (exact) mass is 209 g/mol. The molecule has 0 saturated carbocycles. The van der Waals surface area contributed by atoms with Crippen molar-refractivity contribution in [1.29, 1.82) is 0 Å². The molecule has 1 aliphatic heterocycles. The number of hydrogen-bond donors (Lipinski definition) is 0.